The van der Waals surface area contributed by atoms with E-state index in [0.717, 1.165) is 24.5 Å². The molecule has 1 N–H and O–H groups in total. The van der Waals surface area contributed by atoms with E-state index in [-0.39, 0.29) is 0 Å². The molecule has 0 spiro atoms. The quantitative estimate of drug-likeness (QED) is 0.681. The Morgan fingerprint density at radius 3 is 2.67 bits per heavy atom. The Morgan fingerprint density at radius 1 is 1.33 bits per heavy atom. The molecule has 1 rings (SSSR count). The van der Waals surface area contributed by atoms with Gasteiger partial charge in [-0.05, 0) is 51.7 Å². The fourth-order valence-corrected chi connectivity index (χ4v) is 2.73. The molecule has 15 heavy (non-hydrogen) atoms. The number of nitrogens with one attached hydrogen (secondary N) is 1. The maximum absolute atomic E-state index is 3.42. The monoisotopic (exact) mass is 212 g/mol. The summed E-state index contributed by atoms with van der Waals surface area (Å²) in [5, 5.41) is 3.42. The van der Waals surface area contributed by atoms with Gasteiger partial charge >= 0.3 is 0 Å². The highest BCUT2D eigenvalue weighted by atomic mass is 15.2. The zero-order chi connectivity index (χ0) is 11.3. The van der Waals surface area contributed by atoms with Gasteiger partial charge < -0.3 is 5.32 Å². The molecule has 0 aromatic carbocycles. The lowest BCUT2D eigenvalue weighted by atomic mass is 10.0. The predicted molar refractivity (Wildman–Crippen MR) is 67.2 cm³/mol. The van der Waals surface area contributed by atoms with Crippen molar-refractivity contribution in [2.24, 2.45) is 5.92 Å². The Labute approximate surface area is 95.4 Å². The van der Waals surface area contributed by atoms with Gasteiger partial charge in [0, 0.05) is 12.1 Å². The molecule has 1 heterocycles. The standard InChI is InChI=1S/C13H28N2/c1-5-14-9-8-12(4)15-10-6-7-13(15)11(2)3/h11-14H,5-10H2,1-4H3. The second-order valence-corrected chi connectivity index (χ2v) is 5.18. The Hall–Kier alpha value is -0.0800. The fourth-order valence-electron chi connectivity index (χ4n) is 2.73. The van der Waals surface area contributed by atoms with Crippen molar-refractivity contribution < 1.29 is 0 Å². The lowest BCUT2D eigenvalue weighted by Gasteiger charge is -2.33. The van der Waals surface area contributed by atoms with E-state index < -0.39 is 0 Å². The lowest BCUT2D eigenvalue weighted by molar-refractivity contribution is 0.149. The highest BCUT2D eigenvalue weighted by Crippen LogP contribution is 2.26. The molecule has 0 saturated carbocycles. The first-order valence-electron chi connectivity index (χ1n) is 6.63. The van der Waals surface area contributed by atoms with Crippen LogP contribution in [-0.2, 0) is 0 Å². The van der Waals surface area contributed by atoms with E-state index >= 15 is 0 Å². The molecule has 1 aliphatic rings. The van der Waals surface area contributed by atoms with Crippen LogP contribution in [0, 0.1) is 5.92 Å². The topological polar surface area (TPSA) is 15.3 Å². The number of hydrogen-bond donors (Lipinski definition) is 1. The molecule has 0 aromatic rings. The van der Waals surface area contributed by atoms with Gasteiger partial charge in [-0.25, -0.2) is 0 Å². The van der Waals surface area contributed by atoms with Crippen LogP contribution in [0.5, 0.6) is 0 Å². The summed E-state index contributed by atoms with van der Waals surface area (Å²) in [6, 6.07) is 1.58. The molecule has 1 fully saturated rings. The maximum Gasteiger partial charge on any atom is 0.0121 e. The Balaban J connectivity index is 2.33. The molecule has 0 aliphatic carbocycles. The molecule has 1 aliphatic heterocycles. The molecular formula is C13H28N2. The molecule has 0 radical (unpaired) electrons. The van der Waals surface area contributed by atoms with Gasteiger partial charge in [0.2, 0.25) is 0 Å². The third-order valence-electron chi connectivity index (χ3n) is 3.67. The summed E-state index contributed by atoms with van der Waals surface area (Å²) in [4.78, 5) is 2.72. The Bertz CT molecular complexity index is 168. The molecule has 2 nitrogen and oxygen atoms in total. The van der Waals surface area contributed by atoms with Gasteiger partial charge in [0.05, 0.1) is 0 Å². The van der Waals surface area contributed by atoms with Crippen molar-refractivity contribution in [2.45, 2.75) is 59.0 Å². The van der Waals surface area contributed by atoms with E-state index in [9.17, 15) is 0 Å². The highest BCUT2D eigenvalue weighted by molar-refractivity contribution is 4.85. The zero-order valence-corrected chi connectivity index (χ0v) is 10.9. The van der Waals surface area contributed by atoms with Gasteiger partial charge in [0.15, 0.2) is 0 Å². The number of nitrogens with zero attached hydrogens (tertiary/aromatic N) is 1. The van der Waals surface area contributed by atoms with E-state index in [0.29, 0.717) is 0 Å². The summed E-state index contributed by atoms with van der Waals surface area (Å²) < 4.78 is 0. The molecular weight excluding hydrogens is 184 g/mol. The van der Waals surface area contributed by atoms with Crippen LogP contribution in [0.25, 0.3) is 0 Å². The van der Waals surface area contributed by atoms with E-state index in [4.69, 9.17) is 0 Å². The average Bonchev–Trinajstić information content (AvgIpc) is 2.66. The van der Waals surface area contributed by atoms with Crippen molar-refractivity contribution in [3.63, 3.8) is 0 Å². The smallest absolute Gasteiger partial charge is 0.0121 e. The zero-order valence-electron chi connectivity index (χ0n) is 10.9. The minimum absolute atomic E-state index is 0.749. The van der Waals surface area contributed by atoms with Crippen LogP contribution in [0.15, 0.2) is 0 Å². The van der Waals surface area contributed by atoms with Gasteiger partial charge in [-0.1, -0.05) is 20.8 Å². The maximum atomic E-state index is 3.42. The normalized spacial score (nSPS) is 25.0. The molecule has 0 amide bonds. The van der Waals surface area contributed by atoms with Crippen LogP contribution < -0.4 is 5.32 Å². The van der Waals surface area contributed by atoms with Gasteiger partial charge in [0.25, 0.3) is 0 Å². The Morgan fingerprint density at radius 2 is 2.07 bits per heavy atom. The van der Waals surface area contributed by atoms with Crippen LogP contribution in [0.2, 0.25) is 0 Å². The average molecular weight is 212 g/mol. The van der Waals surface area contributed by atoms with Gasteiger partial charge in [-0.15, -0.1) is 0 Å². The fraction of sp³-hybridized carbons (Fsp3) is 1.00. The largest absolute Gasteiger partial charge is 0.317 e. The van der Waals surface area contributed by atoms with Crippen molar-refractivity contribution in [3.05, 3.63) is 0 Å². The molecule has 2 atom stereocenters. The molecule has 90 valence electrons. The second kappa shape index (κ2) is 6.49. The lowest BCUT2D eigenvalue weighted by Crippen LogP contribution is -2.41. The van der Waals surface area contributed by atoms with Gasteiger partial charge in [-0.2, -0.15) is 0 Å². The first-order chi connectivity index (χ1) is 7.16. The summed E-state index contributed by atoms with van der Waals surface area (Å²) in [5.74, 6) is 0.814. The predicted octanol–water partition coefficient (Wildman–Crippen LogP) is 2.49. The van der Waals surface area contributed by atoms with Crippen molar-refractivity contribution in [3.8, 4) is 0 Å². The van der Waals surface area contributed by atoms with E-state index in [1.54, 1.807) is 0 Å². The van der Waals surface area contributed by atoms with Crippen LogP contribution >= 0.6 is 0 Å². The molecule has 0 bridgehead atoms. The highest BCUT2D eigenvalue weighted by Gasteiger charge is 2.29. The SMILES string of the molecule is CCNCCC(C)N1CCCC1C(C)C. The van der Waals surface area contributed by atoms with Crippen LogP contribution in [0.1, 0.15) is 47.0 Å². The van der Waals surface area contributed by atoms with E-state index in [1.807, 2.05) is 0 Å². The molecule has 2 heteroatoms. The van der Waals surface area contributed by atoms with E-state index in [1.165, 1.54) is 32.4 Å². The minimum Gasteiger partial charge on any atom is -0.317 e. The summed E-state index contributed by atoms with van der Waals surface area (Å²) in [6.45, 7) is 12.9. The van der Waals surface area contributed by atoms with Crippen molar-refractivity contribution in [2.75, 3.05) is 19.6 Å². The first kappa shape index (κ1) is 13.0. The summed E-state index contributed by atoms with van der Waals surface area (Å²) in [7, 11) is 0. The van der Waals surface area contributed by atoms with E-state index in [2.05, 4.69) is 37.9 Å². The van der Waals surface area contributed by atoms with Gasteiger partial charge in [-0.3, -0.25) is 4.90 Å². The molecule has 1 saturated heterocycles. The number of likely N-dealkylation sites (tertiary alicyclic amines) is 1. The number of hydrogen-bond acceptors (Lipinski definition) is 2. The first-order valence-corrected chi connectivity index (χ1v) is 6.63. The summed E-state index contributed by atoms with van der Waals surface area (Å²) >= 11 is 0. The second-order valence-electron chi connectivity index (χ2n) is 5.18. The van der Waals surface area contributed by atoms with Crippen molar-refractivity contribution >= 4 is 0 Å². The minimum atomic E-state index is 0.749. The van der Waals surface area contributed by atoms with Crippen LogP contribution in [0.3, 0.4) is 0 Å². The van der Waals surface area contributed by atoms with Crippen LogP contribution in [0.4, 0.5) is 0 Å². The van der Waals surface area contributed by atoms with Gasteiger partial charge in [0.1, 0.15) is 0 Å². The summed E-state index contributed by atoms with van der Waals surface area (Å²) in [5.41, 5.74) is 0. The number of rotatable bonds is 6. The third kappa shape index (κ3) is 3.76. The Kier molecular flexibility index (Phi) is 5.62. The summed E-state index contributed by atoms with van der Waals surface area (Å²) in [6.07, 6.45) is 4.09. The van der Waals surface area contributed by atoms with Crippen LogP contribution in [-0.4, -0.2) is 36.6 Å². The molecule has 0 aromatic heterocycles. The molecule has 2 unspecified atom stereocenters. The third-order valence-corrected chi connectivity index (χ3v) is 3.67. The van der Waals surface area contributed by atoms with Crippen molar-refractivity contribution in [1.29, 1.82) is 0 Å². The van der Waals surface area contributed by atoms with Crippen molar-refractivity contribution in [1.82, 2.24) is 10.2 Å².